The predicted octanol–water partition coefficient (Wildman–Crippen LogP) is 3.13. The highest BCUT2D eigenvalue weighted by atomic mass is 32.1. The van der Waals surface area contributed by atoms with Crippen LogP contribution in [-0.4, -0.2) is 30.0 Å². The van der Waals surface area contributed by atoms with Crippen molar-refractivity contribution in [1.82, 2.24) is 0 Å². The van der Waals surface area contributed by atoms with Crippen LogP contribution >= 0.6 is 12.6 Å². The number of thiol groups is 1. The third kappa shape index (κ3) is 2.95. The minimum Gasteiger partial charge on any atom is -0.400 e. The van der Waals surface area contributed by atoms with E-state index in [2.05, 4.69) is 17.9 Å². The number of fused-ring (bicyclic) bond motifs is 1. The molecule has 1 aromatic carbocycles. The molecule has 1 N–H and O–H groups in total. The Morgan fingerprint density at radius 2 is 1.96 bits per heavy atom. The normalized spacial score (nSPS) is 22.2. The average Bonchev–Trinajstić information content (AvgIpc) is 2.93. The first-order valence-electron chi connectivity index (χ1n) is 7.82. The van der Waals surface area contributed by atoms with E-state index in [1.165, 1.54) is 0 Å². The number of carbonyl (C=O) groups is 1. The number of hydrogen-bond acceptors (Lipinski definition) is 4. The summed E-state index contributed by atoms with van der Waals surface area (Å²) < 4.78 is 12.2. The van der Waals surface area contributed by atoms with E-state index in [4.69, 9.17) is 9.31 Å². The van der Waals surface area contributed by atoms with Crippen LogP contribution in [0, 0.1) is 0 Å². The summed E-state index contributed by atoms with van der Waals surface area (Å²) in [6, 6.07) is 5.92. The molecule has 2 aliphatic heterocycles. The van der Waals surface area contributed by atoms with Crippen LogP contribution in [0.25, 0.3) is 6.08 Å². The van der Waals surface area contributed by atoms with Gasteiger partial charge in [0, 0.05) is 5.75 Å². The maximum absolute atomic E-state index is 11.6. The Bertz CT molecular complexity index is 668. The van der Waals surface area contributed by atoms with Gasteiger partial charge in [-0.1, -0.05) is 24.3 Å². The second-order valence-corrected chi connectivity index (χ2v) is 7.39. The van der Waals surface area contributed by atoms with Gasteiger partial charge in [-0.05, 0) is 44.3 Å². The minimum atomic E-state index is -0.425. The van der Waals surface area contributed by atoms with E-state index in [9.17, 15) is 4.79 Å². The Hall–Kier alpha value is -1.24. The molecule has 23 heavy (non-hydrogen) atoms. The molecular weight excluding hydrogens is 309 g/mol. The van der Waals surface area contributed by atoms with Gasteiger partial charge in [0.1, 0.15) is 0 Å². The van der Waals surface area contributed by atoms with Gasteiger partial charge in [0.15, 0.2) is 0 Å². The van der Waals surface area contributed by atoms with Crippen molar-refractivity contribution in [2.45, 2.75) is 45.3 Å². The molecule has 2 aliphatic rings. The van der Waals surface area contributed by atoms with E-state index < -0.39 is 7.12 Å². The number of nitrogens with one attached hydrogen (secondary N) is 1. The van der Waals surface area contributed by atoms with Crippen molar-refractivity contribution in [2.24, 2.45) is 0 Å². The third-order valence-electron chi connectivity index (χ3n) is 4.88. The van der Waals surface area contributed by atoms with Crippen LogP contribution in [0.4, 0.5) is 5.69 Å². The summed E-state index contributed by atoms with van der Waals surface area (Å²) in [5, 5.41) is 2.93. The molecule has 122 valence electrons. The smallest absolute Gasteiger partial charge is 0.400 e. The number of anilines is 1. The standard InChI is InChI=1S/C17H22BNO3S/c1-16(2)17(3,4)22-18(21-16)13(10-23)8-11-6-5-7-12-9-14(20)19-15(11)12/h5-8,23H,9-10H2,1-4H3,(H,19,20). The zero-order valence-electron chi connectivity index (χ0n) is 14.0. The van der Waals surface area contributed by atoms with Crippen LogP contribution in [0.1, 0.15) is 38.8 Å². The Labute approximate surface area is 143 Å². The molecule has 3 rings (SSSR count). The van der Waals surface area contributed by atoms with Gasteiger partial charge in [0.2, 0.25) is 5.91 Å². The fourth-order valence-corrected chi connectivity index (χ4v) is 3.02. The highest BCUT2D eigenvalue weighted by molar-refractivity contribution is 7.80. The SMILES string of the molecule is CC1(C)OB(C(=Cc2cccc3c2NC(=O)C3)CS)OC1(C)C. The summed E-state index contributed by atoms with van der Waals surface area (Å²) in [4.78, 5) is 11.6. The van der Waals surface area contributed by atoms with E-state index in [0.29, 0.717) is 12.2 Å². The minimum absolute atomic E-state index is 0.0314. The maximum Gasteiger partial charge on any atom is 0.491 e. The van der Waals surface area contributed by atoms with Crippen molar-refractivity contribution in [2.75, 3.05) is 11.1 Å². The van der Waals surface area contributed by atoms with Gasteiger partial charge in [-0.15, -0.1) is 0 Å². The second kappa shape index (κ2) is 5.69. The van der Waals surface area contributed by atoms with Gasteiger partial charge in [0.05, 0.1) is 23.3 Å². The molecule has 0 bridgehead atoms. The second-order valence-electron chi connectivity index (χ2n) is 7.07. The van der Waals surface area contributed by atoms with Crippen molar-refractivity contribution in [3.8, 4) is 0 Å². The van der Waals surface area contributed by atoms with Gasteiger partial charge in [-0.3, -0.25) is 4.79 Å². The van der Waals surface area contributed by atoms with Crippen molar-refractivity contribution in [3.63, 3.8) is 0 Å². The molecule has 6 heteroatoms. The summed E-state index contributed by atoms with van der Waals surface area (Å²) in [5.74, 6) is 0.554. The van der Waals surface area contributed by atoms with Crippen molar-refractivity contribution < 1.29 is 14.1 Å². The fraction of sp³-hybridized carbons (Fsp3) is 0.471. The van der Waals surface area contributed by atoms with Crippen LogP contribution in [0.15, 0.2) is 23.7 Å². The Kier molecular flexibility index (Phi) is 4.11. The third-order valence-corrected chi connectivity index (χ3v) is 5.24. The molecular formula is C17H22BNO3S. The molecule has 0 atom stereocenters. The lowest BCUT2D eigenvalue weighted by atomic mass is 9.78. The summed E-state index contributed by atoms with van der Waals surface area (Å²) in [5.41, 5.74) is 3.05. The van der Waals surface area contributed by atoms with Crippen molar-refractivity contribution >= 4 is 37.4 Å². The van der Waals surface area contributed by atoms with E-state index in [0.717, 1.165) is 22.3 Å². The summed E-state index contributed by atoms with van der Waals surface area (Å²) >= 11 is 4.44. The van der Waals surface area contributed by atoms with Gasteiger partial charge in [-0.2, -0.15) is 12.6 Å². The number of benzene rings is 1. The molecule has 1 saturated heterocycles. The van der Waals surface area contributed by atoms with Gasteiger partial charge in [0.25, 0.3) is 0 Å². The number of amides is 1. The first kappa shape index (κ1) is 16.6. The van der Waals surface area contributed by atoms with Crippen LogP contribution in [0.2, 0.25) is 0 Å². The highest BCUT2D eigenvalue weighted by Gasteiger charge is 2.52. The first-order chi connectivity index (χ1) is 10.7. The topological polar surface area (TPSA) is 47.6 Å². The number of para-hydroxylation sites is 1. The largest absolute Gasteiger partial charge is 0.491 e. The lowest BCUT2D eigenvalue weighted by molar-refractivity contribution is -0.115. The lowest BCUT2D eigenvalue weighted by Gasteiger charge is -2.32. The number of carbonyl (C=O) groups excluding carboxylic acids is 1. The molecule has 0 radical (unpaired) electrons. The number of rotatable bonds is 3. The Balaban J connectivity index is 1.93. The molecule has 2 heterocycles. The van der Waals surface area contributed by atoms with Gasteiger partial charge in [-0.25, -0.2) is 0 Å². The maximum atomic E-state index is 11.6. The van der Waals surface area contributed by atoms with Crippen molar-refractivity contribution in [1.29, 1.82) is 0 Å². The zero-order chi connectivity index (χ0) is 16.8. The monoisotopic (exact) mass is 331 g/mol. The summed E-state index contributed by atoms with van der Waals surface area (Å²) in [7, 11) is -0.425. The Morgan fingerprint density at radius 3 is 2.57 bits per heavy atom. The van der Waals surface area contributed by atoms with Crippen LogP contribution in [0.5, 0.6) is 0 Å². The Morgan fingerprint density at radius 1 is 1.30 bits per heavy atom. The average molecular weight is 331 g/mol. The van der Waals surface area contributed by atoms with E-state index >= 15 is 0 Å². The molecule has 1 amide bonds. The van der Waals surface area contributed by atoms with E-state index in [-0.39, 0.29) is 17.1 Å². The van der Waals surface area contributed by atoms with Crippen LogP contribution in [-0.2, 0) is 20.5 Å². The zero-order valence-corrected chi connectivity index (χ0v) is 14.9. The molecule has 0 spiro atoms. The summed E-state index contributed by atoms with van der Waals surface area (Å²) in [6.45, 7) is 8.13. The first-order valence-corrected chi connectivity index (χ1v) is 8.45. The molecule has 0 aromatic heterocycles. The lowest BCUT2D eigenvalue weighted by Crippen LogP contribution is -2.41. The van der Waals surface area contributed by atoms with E-state index in [1.54, 1.807) is 0 Å². The molecule has 1 aromatic rings. The predicted molar refractivity (Wildman–Crippen MR) is 96.7 cm³/mol. The summed E-state index contributed by atoms with van der Waals surface area (Å²) in [6.07, 6.45) is 2.45. The molecule has 0 saturated carbocycles. The quantitative estimate of drug-likeness (QED) is 0.661. The molecule has 4 nitrogen and oxygen atoms in total. The van der Waals surface area contributed by atoms with Gasteiger partial charge < -0.3 is 14.6 Å². The highest BCUT2D eigenvalue weighted by Crippen LogP contribution is 2.39. The molecule has 0 aliphatic carbocycles. The van der Waals surface area contributed by atoms with E-state index in [1.807, 2.05) is 52.0 Å². The number of hydrogen-bond donors (Lipinski definition) is 2. The fourth-order valence-electron chi connectivity index (χ4n) is 2.78. The molecule has 0 unspecified atom stereocenters. The molecule has 1 fully saturated rings. The van der Waals surface area contributed by atoms with Crippen molar-refractivity contribution in [3.05, 3.63) is 34.8 Å². The van der Waals surface area contributed by atoms with Crippen LogP contribution in [0.3, 0.4) is 0 Å². The van der Waals surface area contributed by atoms with Crippen LogP contribution < -0.4 is 5.32 Å². The van der Waals surface area contributed by atoms with Gasteiger partial charge >= 0.3 is 7.12 Å².